The summed E-state index contributed by atoms with van der Waals surface area (Å²) in [6.45, 7) is 10.8. The van der Waals surface area contributed by atoms with Gasteiger partial charge < -0.3 is 15.2 Å². The first-order valence-electron chi connectivity index (χ1n) is 7.09. The number of aromatic nitrogens is 1. The molecule has 0 amide bonds. The summed E-state index contributed by atoms with van der Waals surface area (Å²) in [5.41, 5.74) is 7.55. The van der Waals surface area contributed by atoms with E-state index >= 15 is 0 Å². The van der Waals surface area contributed by atoms with Crippen molar-refractivity contribution in [3.63, 3.8) is 0 Å². The number of hydrogen-bond acceptors (Lipinski definition) is 3. The summed E-state index contributed by atoms with van der Waals surface area (Å²) in [4.78, 5) is 2.36. The summed E-state index contributed by atoms with van der Waals surface area (Å²) in [6.07, 6.45) is 1.27. The van der Waals surface area contributed by atoms with E-state index in [0.717, 1.165) is 24.6 Å². The highest BCUT2D eigenvalue weighted by Gasteiger charge is 2.27. The van der Waals surface area contributed by atoms with E-state index in [2.05, 4.69) is 43.2 Å². The van der Waals surface area contributed by atoms with Crippen LogP contribution in [0.4, 0.5) is 11.5 Å². The predicted octanol–water partition coefficient (Wildman–Crippen LogP) is 3.01. The van der Waals surface area contributed by atoms with Crippen LogP contribution in [-0.2, 0) is 0 Å². The number of nitriles is 1. The molecule has 4 nitrogen and oxygen atoms in total. The third kappa shape index (κ3) is 2.56. The summed E-state index contributed by atoms with van der Waals surface area (Å²) < 4.78 is 2.07. The van der Waals surface area contributed by atoms with Gasteiger partial charge in [-0.2, -0.15) is 5.26 Å². The van der Waals surface area contributed by atoms with Crippen LogP contribution in [0.25, 0.3) is 0 Å². The van der Waals surface area contributed by atoms with Crippen molar-refractivity contribution < 1.29 is 0 Å². The van der Waals surface area contributed by atoms with Gasteiger partial charge in [-0.3, -0.25) is 0 Å². The Morgan fingerprint density at radius 3 is 2.37 bits per heavy atom. The molecule has 0 bridgehead atoms. The Morgan fingerprint density at radius 1 is 1.32 bits per heavy atom. The molecular formula is C15H24N4. The van der Waals surface area contributed by atoms with Crippen molar-refractivity contribution in [3.8, 4) is 6.07 Å². The zero-order chi connectivity index (χ0) is 14.2. The first-order valence-corrected chi connectivity index (χ1v) is 7.09. The van der Waals surface area contributed by atoms with E-state index < -0.39 is 0 Å². The molecule has 19 heavy (non-hydrogen) atoms. The zero-order valence-electron chi connectivity index (χ0n) is 12.3. The maximum Gasteiger partial charge on any atom is 0.133 e. The molecular weight excluding hydrogens is 236 g/mol. The number of nitrogen functional groups attached to an aromatic ring is 1. The zero-order valence-corrected chi connectivity index (χ0v) is 12.3. The second-order valence-electron chi connectivity index (χ2n) is 6.24. The van der Waals surface area contributed by atoms with Gasteiger partial charge in [0.15, 0.2) is 0 Å². The highest BCUT2D eigenvalue weighted by Crippen LogP contribution is 2.35. The van der Waals surface area contributed by atoms with Gasteiger partial charge in [0, 0.05) is 19.1 Å². The quantitative estimate of drug-likeness (QED) is 0.889. The van der Waals surface area contributed by atoms with E-state index in [9.17, 15) is 5.26 Å². The fourth-order valence-electron chi connectivity index (χ4n) is 3.31. The Bertz CT molecular complexity index is 485. The number of nitrogens with zero attached hydrogens (tertiary/aromatic N) is 3. The monoisotopic (exact) mass is 260 g/mol. The van der Waals surface area contributed by atoms with Crippen LogP contribution in [0.3, 0.4) is 0 Å². The lowest BCUT2D eigenvalue weighted by molar-refractivity contribution is 0.352. The molecule has 0 radical (unpaired) electrons. The first kappa shape index (κ1) is 13.8. The van der Waals surface area contributed by atoms with Gasteiger partial charge in [0.2, 0.25) is 0 Å². The summed E-state index contributed by atoms with van der Waals surface area (Å²) >= 11 is 0. The third-order valence-corrected chi connectivity index (χ3v) is 3.84. The first-order chi connectivity index (χ1) is 8.93. The van der Waals surface area contributed by atoms with E-state index in [1.165, 1.54) is 6.42 Å². The Labute approximate surface area is 115 Å². The van der Waals surface area contributed by atoms with Gasteiger partial charge in [0.05, 0.1) is 5.69 Å². The molecule has 2 unspecified atom stereocenters. The van der Waals surface area contributed by atoms with Crippen molar-refractivity contribution in [1.82, 2.24) is 4.57 Å². The van der Waals surface area contributed by atoms with Gasteiger partial charge in [0.25, 0.3) is 0 Å². The minimum Gasteiger partial charge on any atom is -0.396 e. The van der Waals surface area contributed by atoms with E-state index in [4.69, 9.17) is 5.73 Å². The van der Waals surface area contributed by atoms with Gasteiger partial charge in [-0.25, -0.2) is 0 Å². The van der Waals surface area contributed by atoms with Crippen molar-refractivity contribution in [2.45, 2.75) is 40.2 Å². The van der Waals surface area contributed by atoms with Gasteiger partial charge in [-0.05, 0) is 38.2 Å². The van der Waals surface area contributed by atoms with Crippen LogP contribution < -0.4 is 10.6 Å². The SMILES string of the molecule is CC1CC(C)CN(c2c(N)cc(C#N)n2C(C)C)C1. The molecule has 1 aliphatic rings. The van der Waals surface area contributed by atoms with Crippen LogP contribution in [0, 0.1) is 23.2 Å². The van der Waals surface area contributed by atoms with Crippen molar-refractivity contribution in [3.05, 3.63) is 11.8 Å². The van der Waals surface area contributed by atoms with Crippen molar-refractivity contribution >= 4 is 11.5 Å². The van der Waals surface area contributed by atoms with Gasteiger partial charge >= 0.3 is 0 Å². The maximum atomic E-state index is 9.26. The van der Waals surface area contributed by atoms with Crippen LogP contribution in [0.1, 0.15) is 45.9 Å². The minimum absolute atomic E-state index is 0.245. The molecule has 0 spiro atoms. The summed E-state index contributed by atoms with van der Waals surface area (Å²) in [6, 6.07) is 4.31. The second-order valence-corrected chi connectivity index (χ2v) is 6.24. The Kier molecular flexibility index (Phi) is 3.75. The molecule has 2 rings (SSSR count). The fourth-order valence-corrected chi connectivity index (χ4v) is 3.31. The molecule has 1 fully saturated rings. The molecule has 1 aliphatic heterocycles. The average Bonchev–Trinajstić information content (AvgIpc) is 2.64. The lowest BCUT2D eigenvalue weighted by atomic mass is 9.92. The van der Waals surface area contributed by atoms with Gasteiger partial charge in [-0.15, -0.1) is 0 Å². The lowest BCUT2D eigenvalue weighted by Crippen LogP contribution is -2.40. The van der Waals surface area contributed by atoms with Crippen LogP contribution >= 0.6 is 0 Å². The predicted molar refractivity (Wildman–Crippen MR) is 79.1 cm³/mol. The Balaban J connectivity index is 2.44. The summed E-state index contributed by atoms with van der Waals surface area (Å²) in [5, 5.41) is 9.26. The van der Waals surface area contributed by atoms with Crippen molar-refractivity contribution in [2.75, 3.05) is 23.7 Å². The molecule has 1 saturated heterocycles. The van der Waals surface area contributed by atoms with Crippen LogP contribution in [0.2, 0.25) is 0 Å². The molecule has 0 aromatic carbocycles. The van der Waals surface area contributed by atoms with Crippen molar-refractivity contribution in [2.24, 2.45) is 11.8 Å². The molecule has 2 heterocycles. The highest BCUT2D eigenvalue weighted by atomic mass is 15.3. The van der Waals surface area contributed by atoms with E-state index in [1.807, 2.05) is 0 Å². The molecule has 104 valence electrons. The minimum atomic E-state index is 0.245. The molecule has 2 atom stereocenters. The number of rotatable bonds is 2. The number of hydrogen-bond donors (Lipinski definition) is 1. The molecule has 1 aromatic heterocycles. The van der Waals surface area contributed by atoms with E-state index in [1.54, 1.807) is 6.07 Å². The number of nitrogens with two attached hydrogens (primary N) is 1. The lowest BCUT2D eigenvalue weighted by Gasteiger charge is -2.37. The second kappa shape index (κ2) is 5.16. The molecule has 2 N–H and O–H groups in total. The summed E-state index contributed by atoms with van der Waals surface area (Å²) in [5.74, 6) is 2.37. The van der Waals surface area contributed by atoms with Crippen molar-refractivity contribution in [1.29, 1.82) is 5.26 Å². The van der Waals surface area contributed by atoms with Gasteiger partial charge in [-0.1, -0.05) is 13.8 Å². The van der Waals surface area contributed by atoms with Gasteiger partial charge in [0.1, 0.15) is 17.6 Å². The topological polar surface area (TPSA) is 58.0 Å². The largest absolute Gasteiger partial charge is 0.396 e. The van der Waals surface area contributed by atoms with E-state index in [-0.39, 0.29) is 6.04 Å². The highest BCUT2D eigenvalue weighted by molar-refractivity contribution is 5.68. The van der Waals surface area contributed by atoms with Crippen LogP contribution in [0.5, 0.6) is 0 Å². The van der Waals surface area contributed by atoms with E-state index in [0.29, 0.717) is 17.5 Å². The Hall–Kier alpha value is -1.63. The molecule has 0 saturated carbocycles. The standard InChI is InChI=1S/C15H24N4/c1-10(2)19-13(7-16)6-14(17)15(19)18-8-11(3)5-12(4)9-18/h6,10-12H,5,8-9,17H2,1-4H3. The third-order valence-electron chi connectivity index (χ3n) is 3.84. The fraction of sp³-hybridized carbons (Fsp3) is 0.667. The molecule has 4 heteroatoms. The number of piperidine rings is 1. The average molecular weight is 260 g/mol. The Morgan fingerprint density at radius 2 is 1.89 bits per heavy atom. The maximum absolute atomic E-state index is 9.26. The molecule has 0 aliphatic carbocycles. The normalized spacial score (nSPS) is 23.7. The molecule has 1 aromatic rings. The summed E-state index contributed by atoms with van der Waals surface area (Å²) in [7, 11) is 0. The van der Waals surface area contributed by atoms with Crippen LogP contribution in [0.15, 0.2) is 6.07 Å². The number of anilines is 2. The van der Waals surface area contributed by atoms with Crippen LogP contribution in [-0.4, -0.2) is 17.7 Å². The smallest absolute Gasteiger partial charge is 0.133 e.